The summed E-state index contributed by atoms with van der Waals surface area (Å²) in [6.07, 6.45) is 4.93. The third-order valence-electron chi connectivity index (χ3n) is 7.10. The zero-order valence-electron chi connectivity index (χ0n) is 21.2. The van der Waals surface area contributed by atoms with Gasteiger partial charge in [0.15, 0.2) is 0 Å². The number of hydrogen-bond acceptors (Lipinski definition) is 3. The van der Waals surface area contributed by atoms with Gasteiger partial charge in [-0.25, -0.2) is 4.39 Å². The Bertz CT molecular complexity index is 1080. The molecule has 0 bridgehead atoms. The zero-order valence-corrected chi connectivity index (χ0v) is 21.2. The number of ether oxygens (including phenoxy) is 1. The maximum atomic E-state index is 13.6. The molecular weight excluding hydrogens is 435 g/mol. The molecule has 0 amide bonds. The SMILES string of the molecule is COc1ccc(/C(=C\CN(CCN2CCCC2)[C@H](C)c2ccc(F)cc2)c2ccc(C)cc2)cc1. The van der Waals surface area contributed by atoms with Gasteiger partial charge < -0.3 is 9.64 Å². The van der Waals surface area contributed by atoms with Crippen molar-refractivity contribution in [3.8, 4) is 5.75 Å². The molecule has 1 aliphatic rings. The molecule has 184 valence electrons. The monoisotopic (exact) mass is 472 g/mol. The van der Waals surface area contributed by atoms with Crippen molar-refractivity contribution in [1.29, 1.82) is 0 Å². The van der Waals surface area contributed by atoms with Crippen LogP contribution in [0.1, 0.15) is 48.1 Å². The van der Waals surface area contributed by atoms with E-state index in [2.05, 4.69) is 66.1 Å². The van der Waals surface area contributed by atoms with E-state index < -0.39 is 0 Å². The summed E-state index contributed by atoms with van der Waals surface area (Å²) in [6, 6.07) is 24.2. The van der Waals surface area contributed by atoms with Crippen molar-refractivity contribution in [2.24, 2.45) is 0 Å². The topological polar surface area (TPSA) is 15.7 Å². The first-order chi connectivity index (χ1) is 17.0. The van der Waals surface area contributed by atoms with Crippen LogP contribution < -0.4 is 4.74 Å². The Morgan fingerprint density at radius 2 is 1.54 bits per heavy atom. The van der Waals surface area contributed by atoms with Gasteiger partial charge in [-0.1, -0.05) is 60.2 Å². The van der Waals surface area contributed by atoms with Crippen molar-refractivity contribution >= 4 is 5.57 Å². The summed E-state index contributed by atoms with van der Waals surface area (Å²) in [6.45, 7) is 9.56. The third-order valence-corrected chi connectivity index (χ3v) is 7.10. The lowest BCUT2D eigenvalue weighted by Crippen LogP contribution is -2.35. The molecule has 4 heteroatoms. The van der Waals surface area contributed by atoms with Crippen LogP contribution in [0.25, 0.3) is 5.57 Å². The second kappa shape index (κ2) is 12.1. The fraction of sp³-hybridized carbons (Fsp3) is 0.355. The minimum atomic E-state index is -0.189. The van der Waals surface area contributed by atoms with Gasteiger partial charge in [0.05, 0.1) is 7.11 Å². The molecule has 0 aromatic heterocycles. The molecule has 3 nitrogen and oxygen atoms in total. The Labute approximate surface area is 209 Å². The normalized spacial score (nSPS) is 15.5. The van der Waals surface area contributed by atoms with E-state index in [0.717, 1.165) is 30.9 Å². The minimum absolute atomic E-state index is 0.185. The van der Waals surface area contributed by atoms with Crippen LogP contribution in [0, 0.1) is 12.7 Å². The largest absolute Gasteiger partial charge is 0.497 e. The van der Waals surface area contributed by atoms with Crippen LogP contribution in [0.2, 0.25) is 0 Å². The molecule has 0 unspecified atom stereocenters. The van der Waals surface area contributed by atoms with E-state index >= 15 is 0 Å². The summed E-state index contributed by atoms with van der Waals surface area (Å²) in [5.74, 6) is 0.666. The first-order valence-electron chi connectivity index (χ1n) is 12.7. The number of methoxy groups -OCH3 is 1. The predicted octanol–water partition coefficient (Wildman–Crippen LogP) is 6.73. The van der Waals surface area contributed by atoms with Crippen molar-refractivity contribution in [3.05, 3.63) is 107 Å². The smallest absolute Gasteiger partial charge is 0.123 e. The van der Waals surface area contributed by atoms with Gasteiger partial charge in [-0.15, -0.1) is 0 Å². The van der Waals surface area contributed by atoms with E-state index in [-0.39, 0.29) is 11.9 Å². The van der Waals surface area contributed by atoms with Gasteiger partial charge in [0.2, 0.25) is 0 Å². The molecule has 4 rings (SSSR count). The number of likely N-dealkylation sites (tertiary alicyclic amines) is 1. The van der Waals surface area contributed by atoms with Crippen LogP contribution in [-0.2, 0) is 0 Å². The second-order valence-electron chi connectivity index (χ2n) is 9.48. The number of aryl methyl sites for hydroxylation is 1. The Hall–Kier alpha value is -2.95. The Balaban J connectivity index is 1.62. The molecule has 1 saturated heterocycles. The Kier molecular flexibility index (Phi) is 8.73. The highest BCUT2D eigenvalue weighted by atomic mass is 19.1. The standard InChI is InChI=1S/C31H37FN2O/c1-24-6-8-27(9-7-24)31(28-12-16-30(35-3)17-13-28)18-21-34(23-22-33-19-4-5-20-33)25(2)26-10-14-29(32)15-11-26/h6-18,25H,4-5,19-23H2,1-3H3/b31-18-/t25-/m1/s1. The van der Waals surface area contributed by atoms with Gasteiger partial charge in [-0.3, -0.25) is 4.90 Å². The van der Waals surface area contributed by atoms with Crippen molar-refractivity contribution in [3.63, 3.8) is 0 Å². The van der Waals surface area contributed by atoms with Crippen LogP contribution in [0.15, 0.2) is 78.9 Å². The predicted molar refractivity (Wildman–Crippen MR) is 143 cm³/mol. The Morgan fingerprint density at radius 3 is 2.14 bits per heavy atom. The lowest BCUT2D eigenvalue weighted by molar-refractivity contribution is 0.197. The highest BCUT2D eigenvalue weighted by Crippen LogP contribution is 2.27. The average Bonchev–Trinajstić information content (AvgIpc) is 3.41. The summed E-state index contributed by atoms with van der Waals surface area (Å²) >= 11 is 0. The van der Waals surface area contributed by atoms with Gasteiger partial charge >= 0.3 is 0 Å². The van der Waals surface area contributed by atoms with Gasteiger partial charge in [-0.05, 0) is 86.3 Å². The molecule has 0 radical (unpaired) electrons. The van der Waals surface area contributed by atoms with Crippen molar-refractivity contribution < 1.29 is 9.13 Å². The summed E-state index contributed by atoms with van der Waals surface area (Å²) in [5.41, 5.74) is 5.98. The zero-order chi connectivity index (χ0) is 24.6. The van der Waals surface area contributed by atoms with E-state index in [1.807, 2.05) is 24.3 Å². The molecule has 1 aliphatic heterocycles. The fourth-order valence-corrected chi connectivity index (χ4v) is 4.79. The third kappa shape index (κ3) is 6.81. The maximum Gasteiger partial charge on any atom is 0.123 e. The van der Waals surface area contributed by atoms with Crippen molar-refractivity contribution in [2.75, 3.05) is 39.8 Å². The van der Waals surface area contributed by atoms with Gasteiger partial charge in [-0.2, -0.15) is 0 Å². The molecule has 35 heavy (non-hydrogen) atoms. The number of nitrogens with zero attached hydrogens (tertiary/aromatic N) is 2. The highest BCUT2D eigenvalue weighted by Gasteiger charge is 2.19. The second-order valence-corrected chi connectivity index (χ2v) is 9.48. The van der Waals surface area contributed by atoms with Gasteiger partial charge in [0, 0.05) is 25.7 Å². The van der Waals surface area contributed by atoms with Crippen LogP contribution in [0.5, 0.6) is 5.75 Å². The first kappa shape index (κ1) is 25.2. The number of halogens is 1. The molecule has 0 spiro atoms. The molecule has 0 saturated carbocycles. The molecular formula is C31H37FN2O. The minimum Gasteiger partial charge on any atom is -0.497 e. The quantitative estimate of drug-likeness (QED) is 0.325. The van der Waals surface area contributed by atoms with E-state index in [0.29, 0.717) is 0 Å². The van der Waals surface area contributed by atoms with E-state index in [1.54, 1.807) is 19.2 Å². The van der Waals surface area contributed by atoms with E-state index in [9.17, 15) is 4.39 Å². The number of hydrogen-bond donors (Lipinski definition) is 0. The fourth-order valence-electron chi connectivity index (χ4n) is 4.79. The summed E-state index contributed by atoms with van der Waals surface area (Å²) < 4.78 is 19.0. The Morgan fingerprint density at radius 1 is 0.943 bits per heavy atom. The van der Waals surface area contributed by atoms with Crippen LogP contribution in [0.3, 0.4) is 0 Å². The summed E-state index contributed by atoms with van der Waals surface area (Å²) in [4.78, 5) is 5.06. The summed E-state index contributed by atoms with van der Waals surface area (Å²) in [5, 5.41) is 0. The molecule has 1 atom stereocenters. The highest BCUT2D eigenvalue weighted by molar-refractivity contribution is 5.80. The molecule has 1 fully saturated rings. The van der Waals surface area contributed by atoms with Crippen molar-refractivity contribution in [1.82, 2.24) is 9.80 Å². The van der Waals surface area contributed by atoms with Gasteiger partial charge in [0.1, 0.15) is 11.6 Å². The molecule has 1 heterocycles. The number of rotatable bonds is 10. The molecule has 0 N–H and O–H groups in total. The van der Waals surface area contributed by atoms with Crippen LogP contribution in [-0.4, -0.2) is 49.6 Å². The van der Waals surface area contributed by atoms with Crippen molar-refractivity contribution in [2.45, 2.75) is 32.7 Å². The molecule has 0 aliphatic carbocycles. The lowest BCUT2D eigenvalue weighted by Gasteiger charge is -2.30. The summed E-state index contributed by atoms with van der Waals surface area (Å²) in [7, 11) is 1.70. The van der Waals surface area contributed by atoms with Crippen LogP contribution in [0.4, 0.5) is 4.39 Å². The van der Waals surface area contributed by atoms with E-state index in [4.69, 9.17) is 4.74 Å². The lowest BCUT2D eigenvalue weighted by atomic mass is 9.96. The number of benzene rings is 3. The van der Waals surface area contributed by atoms with Crippen LogP contribution >= 0.6 is 0 Å². The maximum absolute atomic E-state index is 13.6. The van der Waals surface area contributed by atoms with Gasteiger partial charge in [0.25, 0.3) is 0 Å². The average molecular weight is 473 g/mol. The molecule has 3 aromatic rings. The molecule has 3 aromatic carbocycles. The van der Waals surface area contributed by atoms with E-state index in [1.165, 1.54) is 48.2 Å². The first-order valence-corrected chi connectivity index (χ1v) is 12.7.